The number of ether oxygens (including phenoxy) is 2. The minimum atomic E-state index is -1.32. The maximum absolute atomic E-state index is 11.9. The number of hydrazone groups is 1. The predicted molar refractivity (Wildman–Crippen MR) is 107 cm³/mol. The van der Waals surface area contributed by atoms with Crippen LogP contribution in [0.4, 0.5) is 0 Å². The van der Waals surface area contributed by atoms with Gasteiger partial charge in [-0.2, -0.15) is 10.4 Å². The van der Waals surface area contributed by atoms with Crippen LogP contribution in [0.15, 0.2) is 34.5 Å². The standard InChI is InChI=1S/C20H29N5O3/c1-3-5-6-7-8-10-18(26)27-13-16-11-12-20(14-21,28-16)25-17(9-4-2)19(22)23-15-24-25/h4,9,15-16H,2-3,5-8,10-13H2,1H3,(H2,22,23,24)/b17-9-/t16?,20-/m0/s1. The average Bonchev–Trinajstić information content (AvgIpc) is 3.12. The Morgan fingerprint density at radius 1 is 1.54 bits per heavy atom. The summed E-state index contributed by atoms with van der Waals surface area (Å²) in [5.41, 5.74) is 5.04. The van der Waals surface area contributed by atoms with E-state index in [1.807, 2.05) is 0 Å². The monoisotopic (exact) mass is 387 g/mol. The molecule has 1 unspecified atom stereocenters. The van der Waals surface area contributed by atoms with Crippen molar-refractivity contribution in [2.24, 2.45) is 15.8 Å². The molecule has 0 radical (unpaired) electrons. The SMILES string of the molecule is C=C/C=C1/C(N)=NC=NN1[C@@]1(C#N)CCC(COC(=O)CCCCCCC)O1. The molecule has 0 aromatic rings. The molecule has 1 saturated heterocycles. The van der Waals surface area contributed by atoms with Gasteiger partial charge in [0.15, 0.2) is 5.84 Å². The summed E-state index contributed by atoms with van der Waals surface area (Å²) in [6, 6.07) is 2.19. The van der Waals surface area contributed by atoms with Gasteiger partial charge in [-0.3, -0.25) is 4.79 Å². The molecule has 0 aromatic heterocycles. The molecule has 8 heteroatoms. The summed E-state index contributed by atoms with van der Waals surface area (Å²) in [4.78, 5) is 15.9. The number of hydrogen-bond acceptors (Lipinski definition) is 8. The van der Waals surface area contributed by atoms with E-state index in [1.54, 1.807) is 12.2 Å². The van der Waals surface area contributed by atoms with Crippen LogP contribution in [0.2, 0.25) is 0 Å². The third-order valence-corrected chi connectivity index (χ3v) is 4.73. The Labute approximate surface area is 166 Å². The fourth-order valence-corrected chi connectivity index (χ4v) is 3.22. The normalized spacial score (nSPS) is 25.4. The first-order valence-corrected chi connectivity index (χ1v) is 9.80. The van der Waals surface area contributed by atoms with Crippen molar-refractivity contribution in [1.82, 2.24) is 5.01 Å². The van der Waals surface area contributed by atoms with Crippen molar-refractivity contribution in [2.75, 3.05) is 6.61 Å². The van der Waals surface area contributed by atoms with E-state index in [-0.39, 0.29) is 24.5 Å². The molecule has 0 aromatic carbocycles. The highest BCUT2D eigenvalue weighted by Crippen LogP contribution is 2.36. The van der Waals surface area contributed by atoms with E-state index >= 15 is 0 Å². The molecule has 2 aliphatic heterocycles. The Morgan fingerprint density at radius 2 is 2.32 bits per heavy atom. The van der Waals surface area contributed by atoms with Crippen LogP contribution in [0.5, 0.6) is 0 Å². The lowest BCUT2D eigenvalue weighted by Crippen LogP contribution is -2.48. The van der Waals surface area contributed by atoms with Gasteiger partial charge in [-0.15, -0.1) is 0 Å². The lowest BCUT2D eigenvalue weighted by Gasteiger charge is -2.35. The first-order chi connectivity index (χ1) is 13.6. The molecule has 0 aliphatic carbocycles. The summed E-state index contributed by atoms with van der Waals surface area (Å²) in [5, 5.41) is 15.4. The van der Waals surface area contributed by atoms with Gasteiger partial charge in [-0.25, -0.2) is 10.0 Å². The first kappa shape index (κ1) is 21.6. The number of aliphatic imine (C=N–C) groups is 1. The minimum Gasteiger partial charge on any atom is -0.463 e. The molecular weight excluding hydrogens is 358 g/mol. The van der Waals surface area contributed by atoms with Crippen molar-refractivity contribution < 1.29 is 14.3 Å². The molecule has 2 heterocycles. The highest BCUT2D eigenvalue weighted by molar-refractivity contribution is 6.02. The zero-order valence-corrected chi connectivity index (χ0v) is 16.5. The third-order valence-electron chi connectivity index (χ3n) is 4.73. The lowest BCUT2D eigenvalue weighted by molar-refractivity contribution is -0.152. The Kier molecular flexibility index (Phi) is 8.20. The van der Waals surface area contributed by atoms with Crippen LogP contribution in [0.3, 0.4) is 0 Å². The van der Waals surface area contributed by atoms with Gasteiger partial charge < -0.3 is 15.2 Å². The van der Waals surface area contributed by atoms with E-state index in [1.165, 1.54) is 24.2 Å². The number of amidine groups is 1. The zero-order chi connectivity index (χ0) is 20.4. The molecule has 1 fully saturated rings. The molecule has 28 heavy (non-hydrogen) atoms. The van der Waals surface area contributed by atoms with Gasteiger partial charge in [-0.05, 0) is 18.9 Å². The van der Waals surface area contributed by atoms with E-state index < -0.39 is 5.72 Å². The van der Waals surface area contributed by atoms with Crippen LogP contribution in [0.25, 0.3) is 0 Å². The topological polar surface area (TPSA) is 113 Å². The van der Waals surface area contributed by atoms with E-state index in [9.17, 15) is 10.1 Å². The number of nitrogens with two attached hydrogens (primary N) is 1. The molecule has 152 valence electrons. The van der Waals surface area contributed by atoms with Crippen LogP contribution >= 0.6 is 0 Å². The fourth-order valence-electron chi connectivity index (χ4n) is 3.22. The number of hydrogen-bond donors (Lipinski definition) is 1. The molecule has 2 aliphatic rings. The van der Waals surface area contributed by atoms with Crippen molar-refractivity contribution in [3.63, 3.8) is 0 Å². The van der Waals surface area contributed by atoms with Crippen molar-refractivity contribution >= 4 is 18.1 Å². The Hall–Kier alpha value is -2.66. The maximum Gasteiger partial charge on any atom is 0.305 e. The average molecular weight is 387 g/mol. The lowest BCUT2D eigenvalue weighted by atomic mass is 10.1. The van der Waals surface area contributed by atoms with Crippen molar-refractivity contribution in [3.05, 3.63) is 24.4 Å². The number of rotatable bonds is 10. The van der Waals surface area contributed by atoms with E-state index in [0.29, 0.717) is 25.0 Å². The van der Waals surface area contributed by atoms with Gasteiger partial charge in [0.1, 0.15) is 24.7 Å². The van der Waals surface area contributed by atoms with Gasteiger partial charge >= 0.3 is 5.97 Å². The van der Waals surface area contributed by atoms with E-state index in [2.05, 4.69) is 29.7 Å². The molecule has 0 amide bonds. The largest absolute Gasteiger partial charge is 0.463 e. The number of nitriles is 1. The second kappa shape index (κ2) is 10.6. The molecule has 8 nitrogen and oxygen atoms in total. The fraction of sp³-hybridized carbons (Fsp3) is 0.600. The second-order valence-corrected chi connectivity index (χ2v) is 6.87. The number of carbonyl (C=O) groups excluding carboxylic acids is 1. The van der Waals surface area contributed by atoms with E-state index in [0.717, 1.165) is 19.3 Å². The van der Waals surface area contributed by atoms with Gasteiger partial charge in [0, 0.05) is 12.8 Å². The summed E-state index contributed by atoms with van der Waals surface area (Å²) in [7, 11) is 0. The molecule has 2 N–H and O–H groups in total. The van der Waals surface area contributed by atoms with Crippen molar-refractivity contribution in [1.29, 1.82) is 5.26 Å². The van der Waals surface area contributed by atoms with Crippen LogP contribution in [0.1, 0.15) is 58.3 Å². The summed E-state index contributed by atoms with van der Waals surface area (Å²) in [6.45, 7) is 5.94. The number of unbranched alkanes of at least 4 members (excludes halogenated alkanes) is 4. The van der Waals surface area contributed by atoms with Crippen LogP contribution in [-0.2, 0) is 14.3 Å². The van der Waals surface area contributed by atoms with Gasteiger partial charge in [0.2, 0.25) is 5.72 Å². The number of carbonyl (C=O) groups is 1. The second-order valence-electron chi connectivity index (χ2n) is 6.87. The smallest absolute Gasteiger partial charge is 0.305 e. The van der Waals surface area contributed by atoms with E-state index in [4.69, 9.17) is 15.2 Å². The highest BCUT2D eigenvalue weighted by Gasteiger charge is 2.48. The van der Waals surface area contributed by atoms with Gasteiger partial charge in [0.25, 0.3) is 0 Å². The Morgan fingerprint density at radius 3 is 3.04 bits per heavy atom. The first-order valence-electron chi connectivity index (χ1n) is 9.80. The Balaban J connectivity index is 1.88. The molecule has 0 spiro atoms. The number of allylic oxidation sites excluding steroid dienone is 2. The van der Waals surface area contributed by atoms with Gasteiger partial charge in [-0.1, -0.05) is 45.3 Å². The van der Waals surface area contributed by atoms with Crippen LogP contribution < -0.4 is 5.73 Å². The summed E-state index contributed by atoms with van der Waals surface area (Å²) >= 11 is 0. The third kappa shape index (κ3) is 5.42. The summed E-state index contributed by atoms with van der Waals surface area (Å²) in [6.07, 6.45) is 10.9. The van der Waals surface area contributed by atoms with Gasteiger partial charge in [0.05, 0.1) is 6.10 Å². The van der Waals surface area contributed by atoms with Crippen molar-refractivity contribution in [3.8, 4) is 6.07 Å². The van der Waals surface area contributed by atoms with Crippen molar-refractivity contribution in [2.45, 2.75) is 70.1 Å². The summed E-state index contributed by atoms with van der Waals surface area (Å²) in [5.74, 6) is 0.000227. The van der Waals surface area contributed by atoms with Crippen LogP contribution in [-0.4, -0.2) is 41.6 Å². The summed E-state index contributed by atoms with van der Waals surface area (Å²) < 4.78 is 11.3. The zero-order valence-electron chi connectivity index (χ0n) is 16.5. The Bertz CT molecular complexity index is 694. The number of nitrogens with zero attached hydrogens (tertiary/aromatic N) is 4. The predicted octanol–water partition coefficient (Wildman–Crippen LogP) is 2.97. The molecule has 2 rings (SSSR count). The molecule has 0 bridgehead atoms. The maximum atomic E-state index is 11.9. The molecular formula is C20H29N5O3. The minimum absolute atomic E-state index is 0.124. The van der Waals surface area contributed by atoms with Crippen LogP contribution in [0, 0.1) is 11.3 Å². The molecule has 0 saturated carbocycles. The highest BCUT2D eigenvalue weighted by atomic mass is 16.6. The number of esters is 1. The quantitative estimate of drug-likeness (QED) is 0.455. The molecule has 2 atom stereocenters.